The van der Waals surface area contributed by atoms with Crippen LogP contribution in [-0.2, 0) is 4.74 Å². The van der Waals surface area contributed by atoms with E-state index in [1.165, 1.54) is 25.7 Å². The van der Waals surface area contributed by atoms with Crippen molar-refractivity contribution >= 4 is 5.91 Å². The normalized spacial score (nSPS) is 20.4. The van der Waals surface area contributed by atoms with E-state index in [0.29, 0.717) is 31.0 Å². The molecule has 1 aromatic rings. The Morgan fingerprint density at radius 1 is 1.20 bits per heavy atom. The summed E-state index contributed by atoms with van der Waals surface area (Å²) in [5.41, 5.74) is 1.29. The minimum Gasteiger partial charge on any atom is -0.376 e. The molecule has 0 unspecified atom stereocenters. The third-order valence-electron chi connectivity index (χ3n) is 5.34. The minimum absolute atomic E-state index is 0.151. The highest BCUT2D eigenvalue weighted by Crippen LogP contribution is 2.21. The molecule has 0 aromatic carbocycles. The van der Waals surface area contributed by atoms with Gasteiger partial charge < -0.3 is 15.4 Å². The number of nitrogens with zero attached hydrogens (tertiary/aromatic N) is 3. The van der Waals surface area contributed by atoms with Gasteiger partial charge in [0.05, 0.1) is 24.4 Å². The largest absolute Gasteiger partial charge is 0.376 e. The number of amides is 1. The van der Waals surface area contributed by atoms with Gasteiger partial charge in [-0.05, 0) is 45.7 Å². The van der Waals surface area contributed by atoms with Crippen LogP contribution in [0.4, 0.5) is 0 Å². The molecule has 0 spiro atoms. The van der Waals surface area contributed by atoms with Crippen LogP contribution in [0.5, 0.6) is 0 Å². The summed E-state index contributed by atoms with van der Waals surface area (Å²) in [6.07, 6.45) is 9.88. The van der Waals surface area contributed by atoms with Gasteiger partial charge in [-0.3, -0.25) is 4.79 Å². The molecule has 1 aromatic heterocycles. The van der Waals surface area contributed by atoms with Gasteiger partial charge in [-0.25, -0.2) is 4.68 Å². The average Bonchev–Trinajstić information content (AvgIpc) is 2.84. The molecule has 2 N–H and O–H groups in total. The van der Waals surface area contributed by atoms with Crippen LogP contribution in [0.15, 0.2) is 0 Å². The molecule has 1 amide bonds. The number of hydrogen-bond acceptors (Lipinski definition) is 5. The van der Waals surface area contributed by atoms with E-state index in [0.717, 1.165) is 44.5 Å². The predicted octanol–water partition coefficient (Wildman–Crippen LogP) is 1.98. The monoisotopic (exact) mass is 349 g/mol. The first-order valence-corrected chi connectivity index (χ1v) is 9.78. The quantitative estimate of drug-likeness (QED) is 0.606. The Bertz CT molecular complexity index is 546. The number of carbonyl (C=O) groups excluding carboxylic acids is 1. The standard InChI is InChI=1S/C18H31N5O2/c1-14-17(21-22-23(14)15-8-10-19-11-9-15)18(24)20-12-13-25-16-6-4-2-3-5-7-16/h15-16,19H,2-13H2,1H3,(H,20,24). The van der Waals surface area contributed by atoms with E-state index in [-0.39, 0.29) is 5.91 Å². The number of ether oxygens (including phenoxy) is 1. The zero-order valence-electron chi connectivity index (χ0n) is 15.3. The van der Waals surface area contributed by atoms with Gasteiger partial charge in [0, 0.05) is 6.54 Å². The first kappa shape index (κ1) is 18.3. The number of piperidine rings is 1. The molecule has 25 heavy (non-hydrogen) atoms. The lowest BCUT2D eigenvalue weighted by Gasteiger charge is -2.23. The highest BCUT2D eigenvalue weighted by Gasteiger charge is 2.22. The number of nitrogens with one attached hydrogen (secondary N) is 2. The summed E-state index contributed by atoms with van der Waals surface area (Å²) in [6.45, 7) is 5.00. The smallest absolute Gasteiger partial charge is 0.273 e. The van der Waals surface area contributed by atoms with Crippen LogP contribution in [-0.4, -0.2) is 53.2 Å². The van der Waals surface area contributed by atoms with Crippen LogP contribution in [0.1, 0.15) is 73.6 Å². The molecule has 7 nitrogen and oxygen atoms in total. The second kappa shape index (κ2) is 9.29. The van der Waals surface area contributed by atoms with Crippen LogP contribution >= 0.6 is 0 Å². The lowest BCUT2D eigenvalue weighted by molar-refractivity contribution is 0.0441. The van der Waals surface area contributed by atoms with Crippen molar-refractivity contribution in [1.82, 2.24) is 25.6 Å². The molecule has 2 fully saturated rings. The lowest BCUT2D eigenvalue weighted by atomic mass is 10.1. The van der Waals surface area contributed by atoms with Crippen molar-refractivity contribution in [3.05, 3.63) is 11.4 Å². The Morgan fingerprint density at radius 2 is 1.92 bits per heavy atom. The van der Waals surface area contributed by atoms with E-state index >= 15 is 0 Å². The Labute approximate surface area is 149 Å². The van der Waals surface area contributed by atoms with Gasteiger partial charge in [0.1, 0.15) is 0 Å². The molecule has 2 aliphatic rings. The number of rotatable bonds is 6. The number of hydrogen-bond donors (Lipinski definition) is 2. The van der Waals surface area contributed by atoms with Gasteiger partial charge in [0.15, 0.2) is 5.69 Å². The summed E-state index contributed by atoms with van der Waals surface area (Å²) in [6, 6.07) is 0.342. The highest BCUT2D eigenvalue weighted by molar-refractivity contribution is 5.93. The van der Waals surface area contributed by atoms with Crippen LogP contribution < -0.4 is 10.6 Å². The highest BCUT2D eigenvalue weighted by atomic mass is 16.5. The molecule has 140 valence electrons. The third-order valence-corrected chi connectivity index (χ3v) is 5.34. The van der Waals surface area contributed by atoms with Gasteiger partial charge in [0.25, 0.3) is 5.91 Å². The summed E-state index contributed by atoms with van der Waals surface area (Å²) >= 11 is 0. The molecule has 1 saturated heterocycles. The average molecular weight is 349 g/mol. The van der Waals surface area contributed by atoms with Crippen LogP contribution in [0, 0.1) is 6.92 Å². The van der Waals surface area contributed by atoms with Crippen LogP contribution in [0.25, 0.3) is 0 Å². The molecule has 0 atom stereocenters. The van der Waals surface area contributed by atoms with Crippen molar-refractivity contribution in [3.63, 3.8) is 0 Å². The van der Waals surface area contributed by atoms with Gasteiger partial charge >= 0.3 is 0 Å². The maximum absolute atomic E-state index is 12.4. The fourth-order valence-electron chi connectivity index (χ4n) is 3.83. The number of aromatic nitrogens is 3. The van der Waals surface area contributed by atoms with E-state index in [9.17, 15) is 4.79 Å². The van der Waals surface area contributed by atoms with Crippen LogP contribution in [0.3, 0.4) is 0 Å². The third kappa shape index (κ3) is 5.01. The van der Waals surface area contributed by atoms with Crippen molar-refractivity contribution in [2.45, 2.75) is 70.4 Å². The predicted molar refractivity (Wildman–Crippen MR) is 95.7 cm³/mol. The van der Waals surface area contributed by atoms with Crippen molar-refractivity contribution in [1.29, 1.82) is 0 Å². The topological polar surface area (TPSA) is 81.1 Å². The van der Waals surface area contributed by atoms with E-state index in [4.69, 9.17) is 4.74 Å². The van der Waals surface area contributed by atoms with Crippen molar-refractivity contribution < 1.29 is 9.53 Å². The number of carbonyl (C=O) groups is 1. The summed E-state index contributed by atoms with van der Waals surface area (Å²) in [4.78, 5) is 12.4. The molecule has 1 saturated carbocycles. The fraction of sp³-hybridized carbons (Fsp3) is 0.833. The second-order valence-electron chi connectivity index (χ2n) is 7.19. The Hall–Kier alpha value is -1.47. The maximum Gasteiger partial charge on any atom is 0.273 e. The molecule has 3 rings (SSSR count). The van der Waals surface area contributed by atoms with E-state index < -0.39 is 0 Å². The summed E-state index contributed by atoms with van der Waals surface area (Å²) in [5, 5.41) is 14.6. The molecular formula is C18H31N5O2. The van der Waals surface area contributed by atoms with Gasteiger partial charge in [0.2, 0.25) is 0 Å². The molecule has 0 bridgehead atoms. The Kier molecular flexibility index (Phi) is 6.81. The van der Waals surface area contributed by atoms with Crippen molar-refractivity contribution in [2.75, 3.05) is 26.2 Å². The second-order valence-corrected chi connectivity index (χ2v) is 7.19. The molecule has 2 heterocycles. The van der Waals surface area contributed by atoms with Gasteiger partial charge in [-0.15, -0.1) is 5.10 Å². The van der Waals surface area contributed by atoms with Gasteiger partial charge in [-0.1, -0.05) is 30.9 Å². The summed E-state index contributed by atoms with van der Waals surface area (Å²) in [5.74, 6) is -0.151. The SMILES string of the molecule is Cc1c(C(=O)NCCOC2CCCCCC2)nnn1C1CCNCC1. The fourth-order valence-corrected chi connectivity index (χ4v) is 3.83. The van der Waals surface area contributed by atoms with Crippen LogP contribution in [0.2, 0.25) is 0 Å². The molecule has 1 aliphatic carbocycles. The van der Waals surface area contributed by atoms with Crippen molar-refractivity contribution in [2.24, 2.45) is 0 Å². The molecule has 0 radical (unpaired) electrons. The Balaban J connectivity index is 1.44. The minimum atomic E-state index is -0.151. The van der Waals surface area contributed by atoms with E-state index in [1.54, 1.807) is 0 Å². The lowest BCUT2D eigenvalue weighted by Crippen LogP contribution is -2.31. The molecular weight excluding hydrogens is 318 g/mol. The Morgan fingerprint density at radius 3 is 2.64 bits per heavy atom. The van der Waals surface area contributed by atoms with E-state index in [1.807, 2.05) is 11.6 Å². The summed E-state index contributed by atoms with van der Waals surface area (Å²) in [7, 11) is 0. The maximum atomic E-state index is 12.4. The summed E-state index contributed by atoms with van der Waals surface area (Å²) < 4.78 is 7.83. The molecule has 1 aliphatic heterocycles. The first-order chi connectivity index (χ1) is 12.3. The first-order valence-electron chi connectivity index (χ1n) is 9.78. The van der Waals surface area contributed by atoms with Gasteiger partial charge in [-0.2, -0.15) is 0 Å². The van der Waals surface area contributed by atoms with Crippen molar-refractivity contribution in [3.8, 4) is 0 Å². The van der Waals surface area contributed by atoms with E-state index in [2.05, 4.69) is 20.9 Å². The zero-order valence-corrected chi connectivity index (χ0v) is 15.3. The zero-order chi connectivity index (χ0) is 17.5. The molecule has 7 heteroatoms.